The highest BCUT2D eigenvalue weighted by Crippen LogP contribution is 2.20. The molecular formula is C20H26FIN6O. The second kappa shape index (κ2) is 11.5. The van der Waals surface area contributed by atoms with Crippen LogP contribution in [0.15, 0.2) is 53.7 Å². The lowest BCUT2D eigenvalue weighted by molar-refractivity contribution is 0.0954. The fraction of sp³-hybridized carbons (Fsp3) is 0.350. The summed E-state index contributed by atoms with van der Waals surface area (Å²) in [5.74, 6) is 0.634. The number of nitrogens with zero attached hydrogens (tertiary/aromatic N) is 3. The van der Waals surface area contributed by atoms with Crippen LogP contribution < -0.4 is 20.9 Å². The van der Waals surface area contributed by atoms with Crippen LogP contribution in [0.2, 0.25) is 0 Å². The first-order chi connectivity index (χ1) is 13.7. The van der Waals surface area contributed by atoms with Crippen molar-refractivity contribution in [2.24, 2.45) is 4.99 Å². The number of guanidine groups is 1. The van der Waals surface area contributed by atoms with Crippen molar-refractivity contribution in [2.75, 3.05) is 38.1 Å². The second-order valence-electron chi connectivity index (χ2n) is 6.51. The van der Waals surface area contributed by atoms with E-state index in [0.717, 1.165) is 13.0 Å². The minimum Gasteiger partial charge on any atom is -0.355 e. The molecule has 2 heterocycles. The Hall–Kier alpha value is -2.43. The van der Waals surface area contributed by atoms with Crippen LogP contribution in [0.3, 0.4) is 0 Å². The Labute approximate surface area is 187 Å². The molecular weight excluding hydrogens is 486 g/mol. The van der Waals surface area contributed by atoms with Crippen LogP contribution in [0, 0.1) is 5.82 Å². The molecule has 0 spiro atoms. The smallest absolute Gasteiger partial charge is 0.251 e. The summed E-state index contributed by atoms with van der Waals surface area (Å²) in [6.45, 7) is 2.41. The second-order valence-corrected chi connectivity index (χ2v) is 6.51. The van der Waals surface area contributed by atoms with Crippen molar-refractivity contribution >= 4 is 41.7 Å². The van der Waals surface area contributed by atoms with Crippen LogP contribution in [-0.4, -0.2) is 56.1 Å². The molecule has 0 bridgehead atoms. The fourth-order valence-electron chi connectivity index (χ4n) is 3.12. The first-order valence-electron chi connectivity index (χ1n) is 9.33. The topological polar surface area (TPSA) is 81.6 Å². The quantitative estimate of drug-likeness (QED) is 0.239. The normalized spacial score (nSPS) is 16.1. The fourth-order valence-corrected chi connectivity index (χ4v) is 3.12. The molecule has 9 heteroatoms. The highest BCUT2D eigenvalue weighted by atomic mass is 127. The number of amides is 1. The number of nitrogens with one attached hydrogen (secondary N) is 3. The number of pyridine rings is 1. The molecule has 1 aromatic carbocycles. The van der Waals surface area contributed by atoms with Gasteiger partial charge in [-0.05, 0) is 30.7 Å². The van der Waals surface area contributed by atoms with Crippen LogP contribution in [0.4, 0.5) is 10.2 Å². The maximum Gasteiger partial charge on any atom is 0.251 e. The van der Waals surface area contributed by atoms with Crippen LogP contribution in [0.5, 0.6) is 0 Å². The number of carbonyl (C=O) groups is 1. The largest absolute Gasteiger partial charge is 0.355 e. The molecule has 1 atom stereocenters. The molecule has 1 saturated heterocycles. The monoisotopic (exact) mass is 512 g/mol. The van der Waals surface area contributed by atoms with Gasteiger partial charge in [0.05, 0.1) is 0 Å². The van der Waals surface area contributed by atoms with Gasteiger partial charge in [-0.3, -0.25) is 9.79 Å². The number of rotatable bonds is 6. The van der Waals surface area contributed by atoms with Crippen molar-refractivity contribution in [3.63, 3.8) is 0 Å². The van der Waals surface area contributed by atoms with E-state index in [-0.39, 0.29) is 41.7 Å². The first kappa shape index (κ1) is 22.9. The molecule has 1 fully saturated rings. The van der Waals surface area contributed by atoms with E-state index < -0.39 is 0 Å². The third-order valence-electron chi connectivity index (χ3n) is 4.53. The van der Waals surface area contributed by atoms with Crippen molar-refractivity contribution in [1.29, 1.82) is 0 Å². The van der Waals surface area contributed by atoms with Gasteiger partial charge < -0.3 is 20.9 Å². The lowest BCUT2D eigenvalue weighted by Crippen LogP contribution is -2.46. The van der Waals surface area contributed by atoms with Gasteiger partial charge >= 0.3 is 0 Å². The predicted octanol–water partition coefficient (Wildman–Crippen LogP) is 2.01. The maximum absolute atomic E-state index is 13.9. The zero-order chi connectivity index (χ0) is 19.8. The number of benzene rings is 1. The van der Waals surface area contributed by atoms with Gasteiger partial charge in [0, 0.05) is 51.0 Å². The summed E-state index contributed by atoms with van der Waals surface area (Å²) in [5.41, 5.74) is 0.637. The van der Waals surface area contributed by atoms with Crippen LogP contribution in [0.1, 0.15) is 16.8 Å². The van der Waals surface area contributed by atoms with E-state index in [1.807, 2.05) is 23.1 Å². The zero-order valence-electron chi connectivity index (χ0n) is 16.3. The van der Waals surface area contributed by atoms with E-state index in [1.165, 1.54) is 6.07 Å². The van der Waals surface area contributed by atoms with Gasteiger partial charge in [-0.15, -0.1) is 24.0 Å². The maximum atomic E-state index is 13.9. The van der Waals surface area contributed by atoms with Gasteiger partial charge in [0.1, 0.15) is 0 Å². The summed E-state index contributed by atoms with van der Waals surface area (Å²) >= 11 is 0. The van der Waals surface area contributed by atoms with Gasteiger partial charge in [0.25, 0.3) is 5.91 Å². The first-order valence-corrected chi connectivity index (χ1v) is 9.33. The van der Waals surface area contributed by atoms with Crippen molar-refractivity contribution in [2.45, 2.75) is 12.5 Å². The Morgan fingerprint density at radius 1 is 1.21 bits per heavy atom. The average molecular weight is 512 g/mol. The van der Waals surface area contributed by atoms with E-state index in [1.54, 1.807) is 31.4 Å². The molecule has 0 saturated carbocycles. The summed E-state index contributed by atoms with van der Waals surface area (Å²) in [6.07, 6.45) is 2.46. The van der Waals surface area contributed by atoms with Crippen molar-refractivity contribution < 1.29 is 9.18 Å². The summed E-state index contributed by atoms with van der Waals surface area (Å²) in [6, 6.07) is 12.3. The Balaban J connectivity index is 0.00000300. The van der Waals surface area contributed by atoms with E-state index >= 15 is 0 Å². The number of aromatic nitrogens is 1. The van der Waals surface area contributed by atoms with Crippen molar-refractivity contribution in [1.82, 2.24) is 20.9 Å². The minimum atomic E-state index is -0.306. The number of anilines is 1. The summed E-state index contributed by atoms with van der Waals surface area (Å²) in [5, 5.41) is 9.39. The molecule has 156 valence electrons. The standard InChI is InChI=1S/C20H25FN6O.HI/c1-22-20(25-12-11-24-19(28)15-6-3-2-4-7-15)26-16-9-13-27(14-16)18-17(21)8-5-10-23-18;/h2-8,10,16H,9,11-14H2,1H3,(H,24,28)(H2,22,25,26);1H. The third kappa shape index (κ3) is 6.55. The Bertz CT molecular complexity index is 820. The van der Waals surface area contributed by atoms with Crippen molar-refractivity contribution in [3.05, 3.63) is 60.0 Å². The summed E-state index contributed by atoms with van der Waals surface area (Å²) in [4.78, 5) is 22.3. The lowest BCUT2D eigenvalue weighted by Gasteiger charge is -2.20. The van der Waals surface area contributed by atoms with E-state index in [2.05, 4.69) is 25.9 Å². The number of hydrogen-bond acceptors (Lipinski definition) is 4. The van der Waals surface area contributed by atoms with Gasteiger partial charge in [-0.25, -0.2) is 9.37 Å². The molecule has 0 radical (unpaired) electrons. The lowest BCUT2D eigenvalue weighted by atomic mass is 10.2. The molecule has 0 aliphatic carbocycles. The molecule has 2 aromatic rings. The number of carbonyl (C=O) groups excluding carboxylic acids is 1. The van der Waals surface area contributed by atoms with Gasteiger partial charge in [-0.1, -0.05) is 18.2 Å². The molecule has 1 amide bonds. The molecule has 1 aliphatic rings. The van der Waals surface area contributed by atoms with Crippen LogP contribution >= 0.6 is 24.0 Å². The van der Waals surface area contributed by atoms with Crippen LogP contribution in [-0.2, 0) is 0 Å². The number of hydrogen-bond donors (Lipinski definition) is 3. The number of halogens is 2. The van der Waals surface area contributed by atoms with Gasteiger partial charge in [0.15, 0.2) is 17.6 Å². The zero-order valence-corrected chi connectivity index (χ0v) is 18.6. The Morgan fingerprint density at radius 2 is 1.97 bits per heavy atom. The molecule has 1 aliphatic heterocycles. The molecule has 1 unspecified atom stereocenters. The molecule has 3 N–H and O–H groups in total. The third-order valence-corrected chi connectivity index (χ3v) is 4.53. The average Bonchev–Trinajstić information content (AvgIpc) is 3.19. The predicted molar refractivity (Wildman–Crippen MR) is 124 cm³/mol. The van der Waals surface area contributed by atoms with Crippen LogP contribution in [0.25, 0.3) is 0 Å². The summed E-state index contributed by atoms with van der Waals surface area (Å²) < 4.78 is 13.9. The van der Waals surface area contributed by atoms with Gasteiger partial charge in [-0.2, -0.15) is 0 Å². The Kier molecular flexibility index (Phi) is 9.10. The van der Waals surface area contributed by atoms with Gasteiger partial charge in [0.2, 0.25) is 0 Å². The Morgan fingerprint density at radius 3 is 2.69 bits per heavy atom. The minimum absolute atomic E-state index is 0. The molecule has 3 rings (SSSR count). The van der Waals surface area contributed by atoms with E-state index in [4.69, 9.17) is 0 Å². The van der Waals surface area contributed by atoms with E-state index in [0.29, 0.717) is 37.0 Å². The highest BCUT2D eigenvalue weighted by Gasteiger charge is 2.25. The van der Waals surface area contributed by atoms with Crippen molar-refractivity contribution in [3.8, 4) is 0 Å². The molecule has 7 nitrogen and oxygen atoms in total. The summed E-state index contributed by atoms with van der Waals surface area (Å²) in [7, 11) is 1.70. The molecule has 29 heavy (non-hydrogen) atoms. The molecule has 1 aromatic heterocycles. The number of aliphatic imine (C=N–C) groups is 1. The SMILES string of the molecule is CN=C(NCCNC(=O)c1ccccc1)NC1CCN(c2ncccc2F)C1.I. The van der Waals surface area contributed by atoms with E-state index in [9.17, 15) is 9.18 Å². The highest BCUT2D eigenvalue weighted by molar-refractivity contribution is 14.0.